The van der Waals surface area contributed by atoms with E-state index in [4.69, 9.17) is 16.3 Å². The predicted octanol–water partition coefficient (Wildman–Crippen LogP) is 3.28. The van der Waals surface area contributed by atoms with E-state index in [-0.39, 0.29) is 27.8 Å². The number of nitrogens with zero attached hydrogens (tertiary/aromatic N) is 2. The zero-order valence-electron chi connectivity index (χ0n) is 17.4. The molecule has 0 saturated heterocycles. The van der Waals surface area contributed by atoms with E-state index >= 15 is 0 Å². The Morgan fingerprint density at radius 2 is 1.85 bits per heavy atom. The molecule has 0 saturated carbocycles. The van der Waals surface area contributed by atoms with Gasteiger partial charge in [-0.3, -0.25) is 4.79 Å². The molecule has 0 unspecified atom stereocenters. The van der Waals surface area contributed by atoms with Crippen LogP contribution in [0.15, 0.2) is 71.8 Å². The van der Waals surface area contributed by atoms with Crippen LogP contribution in [-0.2, 0) is 32.5 Å². The SMILES string of the molecule is O=C(COC(=O)c1cccc(S(=O)(=O)N2CCc3ccccc3C2)c1)Nc1cccnc1Cl. The van der Waals surface area contributed by atoms with Gasteiger partial charge in [-0.05, 0) is 47.9 Å². The number of esters is 1. The van der Waals surface area contributed by atoms with Crippen LogP contribution < -0.4 is 5.32 Å². The van der Waals surface area contributed by atoms with Crippen molar-refractivity contribution in [2.24, 2.45) is 0 Å². The first-order valence-corrected chi connectivity index (χ1v) is 11.9. The lowest BCUT2D eigenvalue weighted by molar-refractivity contribution is -0.119. The Labute approximate surface area is 196 Å². The largest absolute Gasteiger partial charge is 0.452 e. The Morgan fingerprint density at radius 3 is 2.64 bits per heavy atom. The maximum absolute atomic E-state index is 13.2. The van der Waals surface area contributed by atoms with Gasteiger partial charge in [0.15, 0.2) is 11.8 Å². The monoisotopic (exact) mass is 485 g/mol. The molecule has 8 nitrogen and oxygen atoms in total. The second kappa shape index (κ2) is 9.70. The molecule has 1 aliphatic rings. The fourth-order valence-corrected chi connectivity index (χ4v) is 5.12. The third-order valence-electron chi connectivity index (χ3n) is 5.17. The van der Waals surface area contributed by atoms with Crippen LogP contribution in [0, 0.1) is 0 Å². The third-order valence-corrected chi connectivity index (χ3v) is 7.31. The summed E-state index contributed by atoms with van der Waals surface area (Å²) in [6, 6.07) is 16.5. The topological polar surface area (TPSA) is 106 Å². The van der Waals surface area contributed by atoms with E-state index in [1.807, 2.05) is 24.3 Å². The molecule has 0 fully saturated rings. The summed E-state index contributed by atoms with van der Waals surface area (Å²) >= 11 is 5.88. The van der Waals surface area contributed by atoms with Gasteiger partial charge in [-0.15, -0.1) is 0 Å². The van der Waals surface area contributed by atoms with Crippen molar-refractivity contribution >= 4 is 39.2 Å². The number of halogens is 1. The van der Waals surface area contributed by atoms with Gasteiger partial charge in [0.1, 0.15) is 0 Å². The van der Waals surface area contributed by atoms with E-state index in [1.165, 1.54) is 34.8 Å². The first-order valence-electron chi connectivity index (χ1n) is 10.1. The number of aromatic nitrogens is 1. The number of amides is 1. The molecule has 1 amide bonds. The smallest absolute Gasteiger partial charge is 0.338 e. The van der Waals surface area contributed by atoms with Gasteiger partial charge in [0.2, 0.25) is 10.0 Å². The Kier molecular flexibility index (Phi) is 6.73. The molecule has 1 N–H and O–H groups in total. The molecule has 0 radical (unpaired) electrons. The Hall–Kier alpha value is -3.27. The van der Waals surface area contributed by atoms with Gasteiger partial charge >= 0.3 is 5.97 Å². The maximum atomic E-state index is 13.2. The summed E-state index contributed by atoms with van der Waals surface area (Å²) < 4.78 is 32.8. The third kappa shape index (κ3) is 5.22. The van der Waals surface area contributed by atoms with Crippen LogP contribution in [0.4, 0.5) is 5.69 Å². The highest BCUT2D eigenvalue weighted by Crippen LogP contribution is 2.25. The Bertz CT molecular complexity index is 1310. The van der Waals surface area contributed by atoms with Crippen molar-refractivity contribution in [3.63, 3.8) is 0 Å². The highest BCUT2D eigenvalue weighted by Gasteiger charge is 2.28. The minimum Gasteiger partial charge on any atom is -0.452 e. The number of nitrogens with one attached hydrogen (secondary N) is 1. The molecule has 0 aliphatic carbocycles. The summed E-state index contributed by atoms with van der Waals surface area (Å²) in [6.07, 6.45) is 2.09. The van der Waals surface area contributed by atoms with Crippen LogP contribution in [0.5, 0.6) is 0 Å². The zero-order valence-corrected chi connectivity index (χ0v) is 19.0. The summed E-state index contributed by atoms with van der Waals surface area (Å²) in [7, 11) is -3.81. The molecule has 10 heteroatoms. The number of carbonyl (C=O) groups is 2. The van der Waals surface area contributed by atoms with E-state index < -0.39 is 28.5 Å². The second-order valence-electron chi connectivity index (χ2n) is 7.35. The molecule has 1 aliphatic heterocycles. The van der Waals surface area contributed by atoms with E-state index in [1.54, 1.807) is 12.1 Å². The van der Waals surface area contributed by atoms with Gasteiger partial charge < -0.3 is 10.1 Å². The van der Waals surface area contributed by atoms with Gasteiger partial charge in [-0.25, -0.2) is 18.2 Å². The molecule has 0 spiro atoms. The average Bonchev–Trinajstić information content (AvgIpc) is 2.83. The molecule has 4 rings (SSSR count). The first-order chi connectivity index (χ1) is 15.8. The molecule has 3 aromatic rings. The van der Waals surface area contributed by atoms with Crippen molar-refractivity contribution in [3.05, 3.63) is 88.7 Å². The predicted molar refractivity (Wildman–Crippen MR) is 122 cm³/mol. The number of sulfonamides is 1. The summed E-state index contributed by atoms with van der Waals surface area (Å²) in [5.74, 6) is -1.42. The Morgan fingerprint density at radius 1 is 1.06 bits per heavy atom. The van der Waals surface area contributed by atoms with E-state index in [0.29, 0.717) is 13.0 Å². The van der Waals surface area contributed by atoms with Gasteiger partial charge in [0, 0.05) is 19.3 Å². The summed E-state index contributed by atoms with van der Waals surface area (Å²) in [6.45, 7) is 0.0549. The number of pyridine rings is 1. The van der Waals surface area contributed by atoms with E-state index in [0.717, 1.165) is 11.1 Å². The van der Waals surface area contributed by atoms with Crippen molar-refractivity contribution in [1.82, 2.24) is 9.29 Å². The van der Waals surface area contributed by atoms with Gasteiger partial charge in [-0.1, -0.05) is 41.9 Å². The van der Waals surface area contributed by atoms with Gasteiger partial charge in [-0.2, -0.15) is 4.31 Å². The second-order valence-corrected chi connectivity index (χ2v) is 9.65. The van der Waals surface area contributed by atoms with Crippen LogP contribution in [0.25, 0.3) is 0 Å². The number of hydrogen-bond donors (Lipinski definition) is 1. The number of ether oxygens (including phenoxy) is 1. The number of benzene rings is 2. The number of fused-ring (bicyclic) bond motifs is 1. The van der Waals surface area contributed by atoms with Crippen LogP contribution >= 0.6 is 11.6 Å². The number of rotatable bonds is 6. The first kappa shape index (κ1) is 22.9. The number of hydrogen-bond acceptors (Lipinski definition) is 6. The highest BCUT2D eigenvalue weighted by molar-refractivity contribution is 7.89. The Balaban J connectivity index is 1.42. The highest BCUT2D eigenvalue weighted by atomic mass is 35.5. The van der Waals surface area contributed by atoms with Crippen LogP contribution in [0.3, 0.4) is 0 Å². The lowest BCUT2D eigenvalue weighted by Crippen LogP contribution is -2.36. The number of carbonyl (C=O) groups excluding carboxylic acids is 2. The molecule has 0 atom stereocenters. The van der Waals surface area contributed by atoms with Crippen LogP contribution in [0.1, 0.15) is 21.5 Å². The quantitative estimate of drug-likeness (QED) is 0.424. The standard InChI is InChI=1S/C23H20ClN3O5S/c24-22-20(9-4-11-25-22)26-21(28)15-32-23(29)17-7-3-8-19(13-17)33(30,31)27-12-10-16-5-1-2-6-18(16)14-27/h1-9,11,13H,10,12,14-15H2,(H,26,28). The summed E-state index contributed by atoms with van der Waals surface area (Å²) in [4.78, 5) is 28.3. The zero-order chi connectivity index (χ0) is 23.4. The maximum Gasteiger partial charge on any atom is 0.338 e. The average molecular weight is 486 g/mol. The minimum absolute atomic E-state index is 0.0112. The molecule has 170 valence electrons. The molecule has 1 aromatic heterocycles. The van der Waals surface area contributed by atoms with Gasteiger partial charge in [0.05, 0.1) is 16.1 Å². The lowest BCUT2D eigenvalue weighted by Gasteiger charge is -2.28. The van der Waals surface area contributed by atoms with Crippen molar-refractivity contribution in [2.45, 2.75) is 17.9 Å². The minimum atomic E-state index is -3.81. The molecule has 33 heavy (non-hydrogen) atoms. The molecule has 2 heterocycles. The lowest BCUT2D eigenvalue weighted by atomic mass is 10.0. The van der Waals surface area contributed by atoms with E-state index in [2.05, 4.69) is 10.3 Å². The van der Waals surface area contributed by atoms with E-state index in [9.17, 15) is 18.0 Å². The molecule has 2 aromatic carbocycles. The summed E-state index contributed by atoms with van der Waals surface area (Å²) in [5, 5.41) is 2.60. The van der Waals surface area contributed by atoms with Crippen molar-refractivity contribution in [1.29, 1.82) is 0 Å². The molecular weight excluding hydrogens is 466 g/mol. The fourth-order valence-electron chi connectivity index (χ4n) is 3.49. The van der Waals surface area contributed by atoms with Crippen molar-refractivity contribution in [3.8, 4) is 0 Å². The molecular formula is C23H20ClN3O5S. The molecule has 0 bridgehead atoms. The van der Waals surface area contributed by atoms with Crippen LogP contribution in [0.2, 0.25) is 5.15 Å². The van der Waals surface area contributed by atoms with Gasteiger partial charge in [0.25, 0.3) is 5.91 Å². The normalized spacial score (nSPS) is 13.7. The number of anilines is 1. The fraction of sp³-hybridized carbons (Fsp3) is 0.174. The van der Waals surface area contributed by atoms with Crippen molar-refractivity contribution in [2.75, 3.05) is 18.5 Å². The summed E-state index contributed by atoms with van der Waals surface area (Å²) in [5.41, 5.74) is 2.41. The van der Waals surface area contributed by atoms with Crippen molar-refractivity contribution < 1.29 is 22.7 Å². The van der Waals surface area contributed by atoms with Crippen LogP contribution in [-0.4, -0.2) is 42.7 Å².